The van der Waals surface area contributed by atoms with E-state index in [0.717, 1.165) is 18.0 Å². The fourth-order valence-corrected chi connectivity index (χ4v) is 1.69. The van der Waals surface area contributed by atoms with E-state index in [4.69, 9.17) is 11.1 Å². The van der Waals surface area contributed by atoms with Crippen LogP contribution in [-0.2, 0) is 0 Å². The molecule has 0 radical (unpaired) electrons. The number of nitrogens with one attached hydrogen (secondary N) is 1. The molecule has 3 heteroatoms. The number of amidine groups is 1. The van der Waals surface area contributed by atoms with E-state index in [0.29, 0.717) is 0 Å². The van der Waals surface area contributed by atoms with Gasteiger partial charge >= 0.3 is 0 Å². The normalized spacial score (nSPS) is 15.0. The number of nitrogens with zero attached hydrogens (tertiary/aromatic N) is 1. The Kier molecular flexibility index (Phi) is 2.62. The number of hydrogen-bond acceptors (Lipinski definition) is 2. The van der Waals surface area contributed by atoms with Gasteiger partial charge in [-0.15, -0.1) is 0 Å². The Balaban J connectivity index is 2.04. The van der Waals surface area contributed by atoms with E-state index in [1.807, 2.05) is 24.3 Å². The average molecular weight is 203 g/mol. The van der Waals surface area contributed by atoms with Crippen LogP contribution in [-0.4, -0.2) is 19.4 Å². The van der Waals surface area contributed by atoms with Gasteiger partial charge in [0.2, 0.25) is 0 Å². The van der Waals surface area contributed by atoms with Crippen LogP contribution in [0.3, 0.4) is 0 Å². The molecule has 0 atom stereocenters. The predicted octanol–water partition coefficient (Wildman–Crippen LogP) is 1.82. The van der Waals surface area contributed by atoms with E-state index in [-0.39, 0.29) is 5.84 Å². The number of nitrogens with two attached hydrogens (primary N) is 1. The molecule has 3 nitrogen and oxygen atoms in total. The van der Waals surface area contributed by atoms with E-state index in [9.17, 15) is 0 Å². The van der Waals surface area contributed by atoms with Crippen molar-refractivity contribution in [1.82, 2.24) is 0 Å². The van der Waals surface area contributed by atoms with Gasteiger partial charge in [0.1, 0.15) is 5.84 Å². The summed E-state index contributed by atoms with van der Waals surface area (Å²) in [4.78, 5) is 2.27. The first-order valence-electron chi connectivity index (χ1n) is 5.32. The first-order chi connectivity index (χ1) is 7.16. The lowest BCUT2D eigenvalue weighted by Crippen LogP contribution is -2.20. The summed E-state index contributed by atoms with van der Waals surface area (Å²) in [5.41, 5.74) is 7.39. The van der Waals surface area contributed by atoms with Crippen molar-refractivity contribution in [2.45, 2.75) is 12.8 Å². The molecule has 2 rings (SSSR count). The summed E-state index contributed by atoms with van der Waals surface area (Å²) in [6.45, 7) is 1.14. The molecule has 0 spiro atoms. The highest BCUT2D eigenvalue weighted by molar-refractivity contribution is 5.95. The molecule has 15 heavy (non-hydrogen) atoms. The molecule has 1 fully saturated rings. The number of rotatable bonds is 4. The maximum atomic E-state index is 7.30. The minimum absolute atomic E-state index is 0.131. The third kappa shape index (κ3) is 2.49. The van der Waals surface area contributed by atoms with Gasteiger partial charge in [-0.05, 0) is 43.0 Å². The second-order valence-corrected chi connectivity index (χ2v) is 4.28. The minimum Gasteiger partial charge on any atom is -0.384 e. The number of anilines is 1. The monoisotopic (exact) mass is 203 g/mol. The van der Waals surface area contributed by atoms with Crippen molar-refractivity contribution in [2.24, 2.45) is 11.7 Å². The van der Waals surface area contributed by atoms with Crippen LogP contribution in [0, 0.1) is 11.3 Å². The van der Waals surface area contributed by atoms with Gasteiger partial charge < -0.3 is 10.6 Å². The van der Waals surface area contributed by atoms with Crippen LogP contribution < -0.4 is 10.6 Å². The van der Waals surface area contributed by atoms with Crippen LogP contribution in [0.4, 0.5) is 5.69 Å². The topological polar surface area (TPSA) is 53.1 Å². The van der Waals surface area contributed by atoms with Crippen molar-refractivity contribution in [2.75, 3.05) is 18.5 Å². The lowest BCUT2D eigenvalue weighted by Gasteiger charge is -2.19. The zero-order chi connectivity index (χ0) is 10.8. The molecule has 1 aromatic rings. The minimum atomic E-state index is 0.131. The molecule has 0 bridgehead atoms. The van der Waals surface area contributed by atoms with E-state index in [1.54, 1.807) is 0 Å². The smallest absolute Gasteiger partial charge is 0.122 e. The number of nitrogen functional groups attached to an aromatic ring is 1. The summed E-state index contributed by atoms with van der Waals surface area (Å²) >= 11 is 0. The van der Waals surface area contributed by atoms with Gasteiger partial charge in [0, 0.05) is 24.8 Å². The fourth-order valence-electron chi connectivity index (χ4n) is 1.69. The summed E-state index contributed by atoms with van der Waals surface area (Å²) < 4.78 is 0. The highest BCUT2D eigenvalue weighted by Crippen LogP contribution is 2.30. The molecule has 80 valence electrons. The van der Waals surface area contributed by atoms with E-state index in [1.165, 1.54) is 18.5 Å². The first kappa shape index (κ1) is 10.0. The lowest BCUT2D eigenvalue weighted by molar-refractivity contribution is 0.787. The van der Waals surface area contributed by atoms with Crippen molar-refractivity contribution < 1.29 is 0 Å². The van der Waals surface area contributed by atoms with Crippen molar-refractivity contribution >= 4 is 11.5 Å². The Bertz CT molecular complexity index is 352. The Morgan fingerprint density at radius 1 is 1.40 bits per heavy atom. The molecule has 0 amide bonds. The van der Waals surface area contributed by atoms with Crippen molar-refractivity contribution in [3.05, 3.63) is 29.8 Å². The average Bonchev–Trinajstić information content (AvgIpc) is 3.02. The molecule has 0 heterocycles. The maximum Gasteiger partial charge on any atom is 0.122 e. The van der Waals surface area contributed by atoms with Crippen LogP contribution in [0.25, 0.3) is 0 Å². The quantitative estimate of drug-likeness (QED) is 0.579. The fraction of sp³-hybridized carbons (Fsp3) is 0.417. The molecule has 0 saturated heterocycles. The first-order valence-corrected chi connectivity index (χ1v) is 5.32. The van der Waals surface area contributed by atoms with Gasteiger partial charge in [-0.2, -0.15) is 0 Å². The highest BCUT2D eigenvalue weighted by Gasteiger charge is 2.22. The summed E-state index contributed by atoms with van der Waals surface area (Å²) in [6, 6.07) is 7.86. The third-order valence-electron chi connectivity index (χ3n) is 2.85. The van der Waals surface area contributed by atoms with Crippen LogP contribution in [0.15, 0.2) is 24.3 Å². The van der Waals surface area contributed by atoms with Gasteiger partial charge in [-0.25, -0.2) is 0 Å². The molecule has 0 aromatic heterocycles. The Hall–Kier alpha value is -1.51. The third-order valence-corrected chi connectivity index (χ3v) is 2.85. The van der Waals surface area contributed by atoms with E-state index >= 15 is 0 Å². The Labute approximate surface area is 90.4 Å². The molecule has 3 N–H and O–H groups in total. The molecular weight excluding hydrogens is 186 g/mol. The molecule has 0 unspecified atom stereocenters. The molecule has 1 aliphatic carbocycles. The molecule has 1 aromatic carbocycles. The van der Waals surface area contributed by atoms with Gasteiger partial charge in [-0.1, -0.05) is 0 Å². The zero-order valence-corrected chi connectivity index (χ0v) is 9.03. The number of benzene rings is 1. The SMILES string of the molecule is CN(CC1CC1)c1ccc(C(=N)N)cc1. The van der Waals surface area contributed by atoms with Gasteiger partial charge in [0.15, 0.2) is 0 Å². The van der Waals surface area contributed by atoms with Crippen LogP contribution >= 0.6 is 0 Å². The van der Waals surface area contributed by atoms with Crippen molar-refractivity contribution in [3.63, 3.8) is 0 Å². The second-order valence-electron chi connectivity index (χ2n) is 4.28. The van der Waals surface area contributed by atoms with Gasteiger partial charge in [0.25, 0.3) is 0 Å². The lowest BCUT2D eigenvalue weighted by atomic mass is 10.2. The highest BCUT2D eigenvalue weighted by atomic mass is 15.1. The van der Waals surface area contributed by atoms with Crippen LogP contribution in [0.5, 0.6) is 0 Å². The zero-order valence-electron chi connectivity index (χ0n) is 9.03. The second kappa shape index (κ2) is 3.93. The van der Waals surface area contributed by atoms with Crippen LogP contribution in [0.2, 0.25) is 0 Å². The standard InChI is InChI=1S/C12H17N3/c1-15(8-9-2-3-9)11-6-4-10(5-7-11)12(13)14/h4-7,9H,2-3,8H2,1H3,(H3,13,14). The summed E-state index contributed by atoms with van der Waals surface area (Å²) in [5, 5.41) is 7.30. The number of hydrogen-bond donors (Lipinski definition) is 2. The van der Waals surface area contributed by atoms with Crippen molar-refractivity contribution in [1.29, 1.82) is 5.41 Å². The Morgan fingerprint density at radius 3 is 2.47 bits per heavy atom. The van der Waals surface area contributed by atoms with Gasteiger partial charge in [-0.3, -0.25) is 5.41 Å². The summed E-state index contributed by atoms with van der Waals surface area (Å²) in [7, 11) is 2.11. The summed E-state index contributed by atoms with van der Waals surface area (Å²) in [5.74, 6) is 1.02. The summed E-state index contributed by atoms with van der Waals surface area (Å²) in [6.07, 6.45) is 2.74. The Morgan fingerprint density at radius 2 is 2.00 bits per heavy atom. The van der Waals surface area contributed by atoms with Crippen molar-refractivity contribution in [3.8, 4) is 0 Å². The predicted molar refractivity (Wildman–Crippen MR) is 63.5 cm³/mol. The van der Waals surface area contributed by atoms with E-state index in [2.05, 4.69) is 11.9 Å². The molecule has 0 aliphatic heterocycles. The molecule has 1 aliphatic rings. The van der Waals surface area contributed by atoms with E-state index < -0.39 is 0 Å². The molecule has 1 saturated carbocycles. The van der Waals surface area contributed by atoms with Gasteiger partial charge in [0.05, 0.1) is 0 Å². The molecular formula is C12H17N3. The largest absolute Gasteiger partial charge is 0.384 e. The van der Waals surface area contributed by atoms with Crippen LogP contribution in [0.1, 0.15) is 18.4 Å². The maximum absolute atomic E-state index is 7.30.